The highest BCUT2D eigenvalue weighted by molar-refractivity contribution is 7.91. The number of rotatable bonds is 6. The van der Waals surface area contributed by atoms with Gasteiger partial charge in [-0.3, -0.25) is 4.68 Å². The number of sulfonamides is 1. The Kier molecular flexibility index (Phi) is 4.59. The van der Waals surface area contributed by atoms with Crippen molar-refractivity contribution in [3.8, 4) is 0 Å². The maximum atomic E-state index is 12.1. The number of aromatic nitrogens is 2. The summed E-state index contributed by atoms with van der Waals surface area (Å²) in [5.74, 6) is 0. The van der Waals surface area contributed by atoms with Gasteiger partial charge in [0.1, 0.15) is 4.21 Å². The number of thiophene rings is 1. The van der Waals surface area contributed by atoms with Gasteiger partial charge in [0.25, 0.3) is 0 Å². The van der Waals surface area contributed by atoms with Crippen molar-refractivity contribution < 1.29 is 13.5 Å². The lowest BCUT2D eigenvalue weighted by Gasteiger charge is -2.05. The number of hydrogen-bond acceptors (Lipinski definition) is 5. The topological polar surface area (TPSA) is 84.2 Å². The average molecular weight is 315 g/mol. The molecule has 6 nitrogen and oxygen atoms in total. The van der Waals surface area contributed by atoms with Crippen LogP contribution in [-0.2, 0) is 30.1 Å². The van der Waals surface area contributed by atoms with Gasteiger partial charge < -0.3 is 5.11 Å². The summed E-state index contributed by atoms with van der Waals surface area (Å²) in [6, 6.07) is 3.44. The molecule has 0 unspecified atom stereocenters. The molecule has 0 radical (unpaired) electrons. The molecule has 0 spiro atoms. The zero-order valence-corrected chi connectivity index (χ0v) is 13.0. The molecule has 0 aliphatic carbocycles. The Labute approximate surface area is 122 Å². The first-order valence-corrected chi connectivity index (χ1v) is 8.40. The van der Waals surface area contributed by atoms with Crippen LogP contribution in [0.4, 0.5) is 0 Å². The average Bonchev–Trinajstić information content (AvgIpc) is 2.96. The number of nitrogens with one attached hydrogen (secondary N) is 1. The molecule has 2 rings (SSSR count). The van der Waals surface area contributed by atoms with Gasteiger partial charge in [-0.15, -0.1) is 11.3 Å². The van der Waals surface area contributed by atoms with Gasteiger partial charge in [-0.2, -0.15) is 5.10 Å². The molecule has 2 heterocycles. The van der Waals surface area contributed by atoms with E-state index in [0.717, 1.165) is 22.6 Å². The van der Waals surface area contributed by atoms with E-state index >= 15 is 0 Å². The van der Waals surface area contributed by atoms with Gasteiger partial charge in [-0.05, 0) is 24.6 Å². The fourth-order valence-corrected chi connectivity index (χ4v) is 4.33. The standard InChI is InChI=1S/C12H17N3O3S2/c1-9-7-12(19-11(9)8-16)20(17,18)14-6-4-10-3-5-13-15(10)2/h3,5,7,14,16H,4,6,8H2,1-2H3. The minimum atomic E-state index is -3.51. The second-order valence-electron chi connectivity index (χ2n) is 4.42. The van der Waals surface area contributed by atoms with Crippen molar-refractivity contribution in [2.24, 2.45) is 7.05 Å². The van der Waals surface area contributed by atoms with Crippen LogP contribution >= 0.6 is 11.3 Å². The Morgan fingerprint density at radius 2 is 2.25 bits per heavy atom. The molecule has 0 bridgehead atoms. The van der Waals surface area contributed by atoms with E-state index < -0.39 is 10.0 Å². The smallest absolute Gasteiger partial charge is 0.250 e. The van der Waals surface area contributed by atoms with E-state index in [1.54, 1.807) is 23.9 Å². The van der Waals surface area contributed by atoms with E-state index in [0.29, 0.717) is 17.8 Å². The quantitative estimate of drug-likeness (QED) is 0.826. The zero-order chi connectivity index (χ0) is 14.8. The van der Waals surface area contributed by atoms with Crippen LogP contribution in [0.25, 0.3) is 0 Å². The predicted molar refractivity (Wildman–Crippen MR) is 77.1 cm³/mol. The van der Waals surface area contributed by atoms with Crippen molar-refractivity contribution in [1.82, 2.24) is 14.5 Å². The molecule has 0 amide bonds. The lowest BCUT2D eigenvalue weighted by molar-refractivity contribution is 0.285. The molecule has 0 fully saturated rings. The van der Waals surface area contributed by atoms with Crippen molar-refractivity contribution in [2.75, 3.05) is 6.54 Å². The summed E-state index contributed by atoms with van der Waals surface area (Å²) >= 11 is 1.10. The fraction of sp³-hybridized carbons (Fsp3) is 0.417. The molecule has 0 atom stereocenters. The predicted octanol–water partition coefficient (Wildman–Crippen LogP) is 0.803. The van der Waals surface area contributed by atoms with Crippen LogP contribution in [-0.4, -0.2) is 29.8 Å². The molecule has 20 heavy (non-hydrogen) atoms. The van der Waals surface area contributed by atoms with Crippen LogP contribution < -0.4 is 4.72 Å². The van der Waals surface area contributed by atoms with Crippen molar-refractivity contribution in [1.29, 1.82) is 0 Å². The molecule has 0 aliphatic heterocycles. The summed E-state index contributed by atoms with van der Waals surface area (Å²) in [6.07, 6.45) is 2.26. The van der Waals surface area contributed by atoms with E-state index in [-0.39, 0.29) is 10.8 Å². The lowest BCUT2D eigenvalue weighted by atomic mass is 10.3. The monoisotopic (exact) mass is 315 g/mol. The molecule has 0 saturated carbocycles. The summed E-state index contributed by atoms with van der Waals surface area (Å²) in [5, 5.41) is 13.1. The van der Waals surface area contributed by atoms with E-state index in [4.69, 9.17) is 5.11 Å². The first-order valence-electron chi connectivity index (χ1n) is 6.11. The first-order chi connectivity index (χ1) is 9.44. The molecule has 110 valence electrons. The molecule has 2 aromatic heterocycles. The largest absolute Gasteiger partial charge is 0.391 e. The third-order valence-corrected chi connectivity index (χ3v) is 6.16. The third-order valence-electron chi connectivity index (χ3n) is 3.00. The van der Waals surface area contributed by atoms with E-state index in [1.165, 1.54) is 0 Å². The van der Waals surface area contributed by atoms with Crippen LogP contribution in [0.3, 0.4) is 0 Å². The molecular weight excluding hydrogens is 298 g/mol. The minimum absolute atomic E-state index is 0.138. The number of aliphatic hydroxyl groups is 1. The van der Waals surface area contributed by atoms with Crippen molar-refractivity contribution >= 4 is 21.4 Å². The van der Waals surface area contributed by atoms with Gasteiger partial charge in [0, 0.05) is 36.8 Å². The van der Waals surface area contributed by atoms with E-state index in [2.05, 4.69) is 9.82 Å². The summed E-state index contributed by atoms with van der Waals surface area (Å²) in [7, 11) is -1.69. The van der Waals surface area contributed by atoms with E-state index in [1.807, 2.05) is 13.1 Å². The van der Waals surface area contributed by atoms with Crippen molar-refractivity contribution in [3.63, 3.8) is 0 Å². The van der Waals surface area contributed by atoms with Crippen molar-refractivity contribution in [3.05, 3.63) is 34.5 Å². The van der Waals surface area contributed by atoms with Gasteiger partial charge in [0.05, 0.1) is 6.61 Å². The number of aryl methyl sites for hydroxylation is 2. The van der Waals surface area contributed by atoms with E-state index in [9.17, 15) is 8.42 Å². The normalized spacial score (nSPS) is 11.9. The molecule has 2 N–H and O–H groups in total. The maximum absolute atomic E-state index is 12.1. The zero-order valence-electron chi connectivity index (χ0n) is 11.3. The Morgan fingerprint density at radius 1 is 1.50 bits per heavy atom. The summed E-state index contributed by atoms with van der Waals surface area (Å²) in [6.45, 7) is 1.96. The highest BCUT2D eigenvalue weighted by Gasteiger charge is 2.18. The van der Waals surface area contributed by atoms with Gasteiger partial charge in [0.2, 0.25) is 10.0 Å². The highest BCUT2D eigenvalue weighted by atomic mass is 32.2. The Morgan fingerprint density at radius 3 is 2.80 bits per heavy atom. The third kappa shape index (κ3) is 3.26. The van der Waals surface area contributed by atoms with Crippen molar-refractivity contribution in [2.45, 2.75) is 24.2 Å². The van der Waals surface area contributed by atoms with Gasteiger partial charge in [0.15, 0.2) is 0 Å². The number of nitrogens with zero attached hydrogens (tertiary/aromatic N) is 2. The fourth-order valence-electron chi connectivity index (χ4n) is 1.81. The first kappa shape index (κ1) is 15.2. The highest BCUT2D eigenvalue weighted by Crippen LogP contribution is 2.25. The van der Waals surface area contributed by atoms with Crippen LogP contribution in [0, 0.1) is 6.92 Å². The molecule has 0 saturated heterocycles. The molecule has 8 heteroatoms. The summed E-state index contributed by atoms with van der Waals surface area (Å²) in [5.41, 5.74) is 1.76. The summed E-state index contributed by atoms with van der Waals surface area (Å²) in [4.78, 5) is 0.678. The SMILES string of the molecule is Cc1cc(S(=O)(=O)NCCc2ccnn2C)sc1CO. The Hall–Kier alpha value is -1.22. The molecule has 0 aromatic carbocycles. The Bertz CT molecular complexity index is 689. The number of aliphatic hydroxyl groups excluding tert-OH is 1. The van der Waals surface area contributed by atoms with Crippen LogP contribution in [0.2, 0.25) is 0 Å². The second-order valence-corrected chi connectivity index (χ2v) is 7.55. The van der Waals surface area contributed by atoms with Gasteiger partial charge in [-0.25, -0.2) is 13.1 Å². The van der Waals surface area contributed by atoms with Gasteiger partial charge in [-0.1, -0.05) is 0 Å². The van der Waals surface area contributed by atoms with Gasteiger partial charge >= 0.3 is 0 Å². The lowest BCUT2D eigenvalue weighted by Crippen LogP contribution is -2.25. The molecular formula is C12H17N3O3S2. The summed E-state index contributed by atoms with van der Waals surface area (Å²) < 4.78 is 28.8. The second kappa shape index (κ2) is 6.04. The minimum Gasteiger partial charge on any atom is -0.391 e. The van der Waals surface area contributed by atoms with Crippen LogP contribution in [0.5, 0.6) is 0 Å². The number of hydrogen-bond donors (Lipinski definition) is 2. The Balaban J connectivity index is 2.02. The molecule has 2 aromatic rings. The van der Waals surface area contributed by atoms with Crippen LogP contribution in [0.1, 0.15) is 16.1 Å². The molecule has 0 aliphatic rings. The maximum Gasteiger partial charge on any atom is 0.250 e. The van der Waals surface area contributed by atoms with Crippen LogP contribution in [0.15, 0.2) is 22.5 Å².